The first-order valence-corrected chi connectivity index (χ1v) is 4.54. The van der Waals surface area contributed by atoms with Crippen LogP contribution in [0, 0.1) is 0 Å². The first kappa shape index (κ1) is 8.24. The van der Waals surface area contributed by atoms with E-state index in [1.54, 1.807) is 0 Å². The van der Waals surface area contributed by atoms with E-state index < -0.39 is 0 Å². The molecule has 1 heteroatoms. The van der Waals surface area contributed by atoms with Crippen molar-refractivity contribution in [2.24, 2.45) is 0 Å². The Morgan fingerprint density at radius 2 is 1.92 bits per heavy atom. The Hall–Kier alpha value is -1.37. The standard InChI is InChI=1S/C12H12O/c1-9-7-11(8-12(9)13)10-5-3-2-4-6-10/h2-7,11H,8H2,1H3/t11-/m0/s1. The monoisotopic (exact) mass is 172 g/mol. The van der Waals surface area contributed by atoms with Crippen molar-refractivity contribution in [3.05, 3.63) is 47.5 Å². The van der Waals surface area contributed by atoms with Crippen LogP contribution in [0.3, 0.4) is 0 Å². The molecule has 1 aliphatic rings. The van der Waals surface area contributed by atoms with Gasteiger partial charge in [0.15, 0.2) is 5.78 Å². The first-order chi connectivity index (χ1) is 6.27. The van der Waals surface area contributed by atoms with E-state index in [-0.39, 0.29) is 5.78 Å². The largest absolute Gasteiger partial charge is 0.295 e. The number of carbonyl (C=O) groups excluding carboxylic acids is 1. The van der Waals surface area contributed by atoms with Crippen LogP contribution < -0.4 is 0 Å². The van der Waals surface area contributed by atoms with Crippen LogP contribution in [0.2, 0.25) is 0 Å². The number of ketones is 1. The van der Waals surface area contributed by atoms with Crippen molar-refractivity contribution < 1.29 is 4.79 Å². The van der Waals surface area contributed by atoms with Gasteiger partial charge in [0.05, 0.1) is 0 Å². The van der Waals surface area contributed by atoms with Gasteiger partial charge in [-0.3, -0.25) is 4.79 Å². The summed E-state index contributed by atoms with van der Waals surface area (Å²) in [6.07, 6.45) is 2.72. The van der Waals surface area contributed by atoms with Crippen LogP contribution in [-0.4, -0.2) is 5.78 Å². The predicted octanol–water partition coefficient (Wildman–Crippen LogP) is 2.69. The number of rotatable bonds is 1. The zero-order valence-corrected chi connectivity index (χ0v) is 7.66. The van der Waals surface area contributed by atoms with Crippen LogP contribution in [0.5, 0.6) is 0 Å². The molecule has 1 aliphatic carbocycles. The molecule has 0 bridgehead atoms. The quantitative estimate of drug-likeness (QED) is 0.636. The lowest BCUT2D eigenvalue weighted by molar-refractivity contribution is -0.115. The molecular weight excluding hydrogens is 160 g/mol. The maximum Gasteiger partial charge on any atom is 0.159 e. The van der Waals surface area contributed by atoms with Crippen LogP contribution in [0.25, 0.3) is 0 Å². The number of hydrogen-bond acceptors (Lipinski definition) is 1. The molecule has 0 aliphatic heterocycles. The summed E-state index contributed by atoms with van der Waals surface area (Å²) in [7, 11) is 0. The fourth-order valence-corrected chi connectivity index (χ4v) is 1.73. The maximum absolute atomic E-state index is 11.3. The molecular formula is C12H12O. The molecule has 0 radical (unpaired) electrons. The highest BCUT2D eigenvalue weighted by Gasteiger charge is 2.21. The summed E-state index contributed by atoms with van der Waals surface area (Å²) in [6, 6.07) is 10.2. The van der Waals surface area contributed by atoms with Crippen molar-refractivity contribution in [2.45, 2.75) is 19.3 Å². The summed E-state index contributed by atoms with van der Waals surface area (Å²) in [6.45, 7) is 1.89. The van der Waals surface area contributed by atoms with Crippen LogP contribution in [0.1, 0.15) is 24.8 Å². The Morgan fingerprint density at radius 1 is 1.23 bits per heavy atom. The summed E-state index contributed by atoms with van der Waals surface area (Å²) >= 11 is 0. The van der Waals surface area contributed by atoms with Gasteiger partial charge in [0.25, 0.3) is 0 Å². The molecule has 13 heavy (non-hydrogen) atoms. The van der Waals surface area contributed by atoms with Crippen molar-refractivity contribution >= 4 is 5.78 Å². The van der Waals surface area contributed by atoms with Gasteiger partial charge in [0.2, 0.25) is 0 Å². The summed E-state index contributed by atoms with van der Waals surface area (Å²) in [5.74, 6) is 0.600. The van der Waals surface area contributed by atoms with Crippen molar-refractivity contribution in [1.29, 1.82) is 0 Å². The zero-order valence-electron chi connectivity index (χ0n) is 7.66. The van der Waals surface area contributed by atoms with Crippen molar-refractivity contribution in [3.63, 3.8) is 0 Å². The third kappa shape index (κ3) is 1.55. The molecule has 0 saturated heterocycles. The van der Waals surface area contributed by atoms with E-state index in [2.05, 4.69) is 18.2 Å². The Labute approximate surface area is 78.1 Å². The van der Waals surface area contributed by atoms with Crippen LogP contribution in [-0.2, 0) is 4.79 Å². The third-order valence-electron chi connectivity index (χ3n) is 2.52. The average molecular weight is 172 g/mol. The summed E-state index contributed by atoms with van der Waals surface area (Å²) in [5, 5.41) is 0. The summed E-state index contributed by atoms with van der Waals surface area (Å²) in [4.78, 5) is 11.3. The van der Waals surface area contributed by atoms with E-state index in [0.717, 1.165) is 5.57 Å². The normalized spacial score (nSPS) is 21.8. The van der Waals surface area contributed by atoms with Gasteiger partial charge in [-0.15, -0.1) is 0 Å². The van der Waals surface area contributed by atoms with Gasteiger partial charge in [-0.05, 0) is 18.1 Å². The van der Waals surface area contributed by atoms with Crippen LogP contribution in [0.15, 0.2) is 42.0 Å². The second-order valence-corrected chi connectivity index (χ2v) is 3.49. The molecule has 2 rings (SSSR count). The smallest absolute Gasteiger partial charge is 0.159 e. The third-order valence-corrected chi connectivity index (χ3v) is 2.52. The van der Waals surface area contributed by atoms with E-state index >= 15 is 0 Å². The fourth-order valence-electron chi connectivity index (χ4n) is 1.73. The van der Waals surface area contributed by atoms with Crippen LogP contribution in [0.4, 0.5) is 0 Å². The van der Waals surface area contributed by atoms with Gasteiger partial charge in [-0.25, -0.2) is 0 Å². The Bertz CT molecular complexity index is 349. The van der Waals surface area contributed by atoms with E-state index in [0.29, 0.717) is 12.3 Å². The highest BCUT2D eigenvalue weighted by atomic mass is 16.1. The second-order valence-electron chi connectivity index (χ2n) is 3.49. The van der Waals surface area contributed by atoms with E-state index in [9.17, 15) is 4.79 Å². The van der Waals surface area contributed by atoms with Crippen molar-refractivity contribution in [2.75, 3.05) is 0 Å². The lowest BCUT2D eigenvalue weighted by atomic mass is 9.99. The molecule has 1 nitrogen and oxygen atoms in total. The van der Waals surface area contributed by atoms with E-state index in [4.69, 9.17) is 0 Å². The molecule has 0 unspecified atom stereocenters. The van der Waals surface area contributed by atoms with E-state index in [1.165, 1.54) is 5.56 Å². The average Bonchev–Trinajstić information content (AvgIpc) is 2.49. The number of benzene rings is 1. The lowest BCUT2D eigenvalue weighted by Gasteiger charge is -2.05. The second kappa shape index (κ2) is 3.17. The first-order valence-electron chi connectivity index (χ1n) is 4.54. The van der Waals surface area contributed by atoms with Gasteiger partial charge in [-0.1, -0.05) is 36.4 Å². The van der Waals surface area contributed by atoms with Gasteiger partial charge < -0.3 is 0 Å². The SMILES string of the molecule is CC1=C[C@H](c2ccccc2)CC1=O. The van der Waals surface area contributed by atoms with Crippen molar-refractivity contribution in [1.82, 2.24) is 0 Å². The lowest BCUT2D eigenvalue weighted by Crippen LogP contribution is -1.95. The minimum atomic E-state index is 0.286. The molecule has 1 aromatic carbocycles. The summed E-state index contributed by atoms with van der Waals surface area (Å²) in [5.41, 5.74) is 2.15. The topological polar surface area (TPSA) is 17.1 Å². The molecule has 0 fully saturated rings. The molecule has 0 aromatic heterocycles. The molecule has 0 spiro atoms. The fraction of sp³-hybridized carbons (Fsp3) is 0.250. The van der Waals surface area contributed by atoms with E-state index in [1.807, 2.05) is 25.1 Å². The Kier molecular flexibility index (Phi) is 2.01. The van der Waals surface area contributed by atoms with Gasteiger partial charge in [0.1, 0.15) is 0 Å². The summed E-state index contributed by atoms with van der Waals surface area (Å²) < 4.78 is 0. The van der Waals surface area contributed by atoms with Gasteiger partial charge in [-0.2, -0.15) is 0 Å². The molecule has 0 N–H and O–H groups in total. The molecule has 1 atom stereocenters. The minimum absolute atomic E-state index is 0.286. The molecule has 1 aromatic rings. The molecule has 0 amide bonds. The highest BCUT2D eigenvalue weighted by Crippen LogP contribution is 2.29. The molecule has 0 heterocycles. The molecule has 0 saturated carbocycles. The molecule has 66 valence electrons. The predicted molar refractivity (Wildman–Crippen MR) is 52.6 cm³/mol. The number of hydrogen-bond donors (Lipinski definition) is 0. The number of carbonyl (C=O) groups is 1. The number of allylic oxidation sites excluding steroid dienone is 2. The highest BCUT2D eigenvalue weighted by molar-refractivity contribution is 5.98. The Balaban J connectivity index is 2.27. The minimum Gasteiger partial charge on any atom is -0.295 e. The van der Waals surface area contributed by atoms with Crippen LogP contribution >= 0.6 is 0 Å². The maximum atomic E-state index is 11.3. The van der Waals surface area contributed by atoms with Gasteiger partial charge in [0, 0.05) is 12.3 Å². The zero-order chi connectivity index (χ0) is 9.26. The van der Waals surface area contributed by atoms with Gasteiger partial charge >= 0.3 is 0 Å². The number of Topliss-reactive ketones (excluding diaryl/α,β-unsaturated/α-hetero) is 1. The Morgan fingerprint density at radius 3 is 2.46 bits per heavy atom. The van der Waals surface area contributed by atoms with Crippen molar-refractivity contribution in [3.8, 4) is 0 Å².